The summed E-state index contributed by atoms with van der Waals surface area (Å²) in [6.07, 6.45) is 1.32. The normalized spacial score (nSPS) is 17.9. The molecule has 1 atom stereocenters. The van der Waals surface area contributed by atoms with Crippen molar-refractivity contribution in [1.29, 1.82) is 0 Å². The predicted molar refractivity (Wildman–Crippen MR) is 101 cm³/mol. The van der Waals surface area contributed by atoms with Gasteiger partial charge in [-0.15, -0.1) is 11.8 Å². The Labute approximate surface area is 154 Å². The topological polar surface area (TPSA) is 58.6 Å². The third kappa shape index (κ3) is 6.98. The summed E-state index contributed by atoms with van der Waals surface area (Å²) in [4.78, 5) is 27.4. The SMILES string of the molecule is CC(C)(C)OC(=O)N1CCC[C@H](C(=O)NCCSc2ccccc2)C1. The predicted octanol–water partition coefficient (Wildman–Crippen LogP) is 3.54. The van der Waals surface area contributed by atoms with Gasteiger partial charge in [0.2, 0.25) is 5.91 Å². The lowest BCUT2D eigenvalue weighted by atomic mass is 9.97. The maximum atomic E-state index is 12.4. The van der Waals surface area contributed by atoms with Crippen molar-refractivity contribution in [1.82, 2.24) is 10.2 Å². The lowest BCUT2D eigenvalue weighted by molar-refractivity contribution is -0.126. The molecule has 1 aliphatic rings. The summed E-state index contributed by atoms with van der Waals surface area (Å²) in [5.74, 6) is 0.711. The molecule has 2 amide bonds. The van der Waals surface area contributed by atoms with Crippen LogP contribution in [0.15, 0.2) is 35.2 Å². The summed E-state index contributed by atoms with van der Waals surface area (Å²) >= 11 is 1.72. The fourth-order valence-electron chi connectivity index (χ4n) is 2.69. The molecule has 1 aromatic carbocycles. The Morgan fingerprint density at radius 3 is 2.68 bits per heavy atom. The number of likely N-dealkylation sites (tertiary alicyclic amines) is 1. The van der Waals surface area contributed by atoms with Gasteiger partial charge in [-0.25, -0.2) is 4.79 Å². The van der Waals surface area contributed by atoms with Crippen molar-refractivity contribution >= 4 is 23.8 Å². The molecule has 1 aliphatic heterocycles. The zero-order chi connectivity index (χ0) is 18.3. The summed E-state index contributed by atoms with van der Waals surface area (Å²) in [6, 6.07) is 10.1. The van der Waals surface area contributed by atoms with Crippen molar-refractivity contribution in [3.05, 3.63) is 30.3 Å². The van der Waals surface area contributed by atoms with Gasteiger partial charge in [0.05, 0.1) is 5.92 Å². The summed E-state index contributed by atoms with van der Waals surface area (Å²) in [5, 5.41) is 2.99. The van der Waals surface area contributed by atoms with Gasteiger partial charge in [0.1, 0.15) is 5.60 Å². The van der Waals surface area contributed by atoms with E-state index in [4.69, 9.17) is 4.74 Å². The second-order valence-corrected chi connectivity index (χ2v) is 8.39. The fraction of sp³-hybridized carbons (Fsp3) is 0.579. The smallest absolute Gasteiger partial charge is 0.410 e. The number of amides is 2. The Bertz CT molecular complexity index is 572. The summed E-state index contributed by atoms with van der Waals surface area (Å²) in [5.41, 5.74) is -0.513. The van der Waals surface area contributed by atoms with Gasteiger partial charge in [0, 0.05) is 30.3 Å². The van der Waals surface area contributed by atoms with Crippen LogP contribution in [0.4, 0.5) is 4.79 Å². The minimum atomic E-state index is -0.513. The largest absolute Gasteiger partial charge is 0.444 e. The van der Waals surface area contributed by atoms with E-state index < -0.39 is 5.60 Å². The highest BCUT2D eigenvalue weighted by atomic mass is 32.2. The Balaban J connectivity index is 1.72. The molecule has 0 spiro atoms. The van der Waals surface area contributed by atoms with E-state index in [9.17, 15) is 9.59 Å². The first-order valence-electron chi connectivity index (χ1n) is 8.78. The molecule has 1 fully saturated rings. The zero-order valence-electron chi connectivity index (χ0n) is 15.3. The third-order valence-corrected chi connectivity index (χ3v) is 4.87. The summed E-state index contributed by atoms with van der Waals surface area (Å²) in [7, 11) is 0. The molecule has 0 saturated carbocycles. The molecule has 1 heterocycles. The van der Waals surface area contributed by atoms with Gasteiger partial charge in [0.15, 0.2) is 0 Å². The van der Waals surface area contributed by atoms with Crippen molar-refractivity contribution in [2.24, 2.45) is 5.92 Å². The van der Waals surface area contributed by atoms with Crippen molar-refractivity contribution in [3.63, 3.8) is 0 Å². The van der Waals surface area contributed by atoms with Gasteiger partial charge < -0.3 is 15.0 Å². The number of hydrogen-bond donors (Lipinski definition) is 1. The average Bonchev–Trinajstić information content (AvgIpc) is 2.58. The quantitative estimate of drug-likeness (QED) is 0.641. The van der Waals surface area contributed by atoms with Crippen LogP contribution >= 0.6 is 11.8 Å². The number of thioether (sulfide) groups is 1. The molecule has 2 rings (SSSR count). The molecule has 0 unspecified atom stereocenters. The second kappa shape index (κ2) is 9.13. The minimum Gasteiger partial charge on any atom is -0.444 e. The maximum Gasteiger partial charge on any atom is 0.410 e. The van der Waals surface area contributed by atoms with Gasteiger partial charge in [-0.1, -0.05) is 18.2 Å². The van der Waals surface area contributed by atoms with Crippen molar-refractivity contribution in [2.45, 2.75) is 44.1 Å². The van der Waals surface area contributed by atoms with Crippen LogP contribution < -0.4 is 5.32 Å². The molecule has 6 heteroatoms. The first-order chi connectivity index (χ1) is 11.8. The molecule has 0 bridgehead atoms. The Hall–Kier alpha value is -1.69. The van der Waals surface area contributed by atoms with E-state index in [1.165, 1.54) is 4.90 Å². The van der Waals surface area contributed by atoms with Gasteiger partial charge >= 0.3 is 6.09 Å². The second-order valence-electron chi connectivity index (χ2n) is 7.22. The van der Waals surface area contributed by atoms with Crippen LogP contribution in [-0.2, 0) is 9.53 Å². The third-order valence-electron chi connectivity index (χ3n) is 3.86. The van der Waals surface area contributed by atoms with Crippen LogP contribution in [-0.4, -0.2) is 47.9 Å². The highest BCUT2D eigenvalue weighted by Gasteiger charge is 2.30. The molecule has 25 heavy (non-hydrogen) atoms. The van der Waals surface area contributed by atoms with Gasteiger partial charge in [-0.2, -0.15) is 0 Å². The van der Waals surface area contributed by atoms with E-state index >= 15 is 0 Å². The molecule has 0 radical (unpaired) electrons. The van der Waals surface area contributed by atoms with Crippen molar-refractivity contribution in [2.75, 3.05) is 25.4 Å². The number of ether oxygens (including phenoxy) is 1. The van der Waals surface area contributed by atoms with E-state index in [1.54, 1.807) is 16.7 Å². The van der Waals surface area contributed by atoms with E-state index in [1.807, 2.05) is 39.0 Å². The van der Waals surface area contributed by atoms with E-state index in [0.717, 1.165) is 18.6 Å². The minimum absolute atomic E-state index is 0.0296. The number of carbonyl (C=O) groups is 2. The molecule has 1 N–H and O–H groups in total. The van der Waals surface area contributed by atoms with Crippen molar-refractivity contribution < 1.29 is 14.3 Å². The van der Waals surface area contributed by atoms with E-state index in [-0.39, 0.29) is 17.9 Å². The first kappa shape index (κ1) is 19.6. The molecule has 1 saturated heterocycles. The number of nitrogens with zero attached hydrogens (tertiary/aromatic N) is 1. The van der Waals surface area contributed by atoms with E-state index in [2.05, 4.69) is 17.4 Å². The van der Waals surface area contributed by atoms with Crippen LogP contribution in [0.3, 0.4) is 0 Å². The lowest BCUT2D eigenvalue weighted by Crippen LogP contribution is -2.47. The number of nitrogens with one attached hydrogen (secondary N) is 1. The number of rotatable bonds is 5. The molecule has 0 aromatic heterocycles. The summed E-state index contributed by atoms with van der Waals surface area (Å²) in [6.45, 7) is 7.27. The van der Waals surface area contributed by atoms with Gasteiger partial charge in [0.25, 0.3) is 0 Å². The highest BCUT2D eigenvalue weighted by molar-refractivity contribution is 7.99. The lowest BCUT2D eigenvalue weighted by Gasteiger charge is -2.33. The van der Waals surface area contributed by atoms with Crippen LogP contribution in [0.5, 0.6) is 0 Å². The van der Waals surface area contributed by atoms with Gasteiger partial charge in [-0.3, -0.25) is 4.79 Å². The standard InChI is InChI=1S/C19H28N2O3S/c1-19(2,3)24-18(23)21-12-7-8-15(14-21)17(22)20-11-13-25-16-9-5-4-6-10-16/h4-6,9-10,15H,7-8,11-14H2,1-3H3,(H,20,22)/t15-/m0/s1. The fourth-order valence-corrected chi connectivity index (χ4v) is 3.48. The number of piperidine rings is 1. The molecule has 1 aromatic rings. The summed E-state index contributed by atoms with van der Waals surface area (Å²) < 4.78 is 5.40. The monoisotopic (exact) mass is 364 g/mol. The number of benzene rings is 1. The van der Waals surface area contributed by atoms with Crippen LogP contribution in [0.1, 0.15) is 33.6 Å². The molecular formula is C19H28N2O3S. The molecule has 0 aliphatic carbocycles. The Morgan fingerprint density at radius 1 is 1.28 bits per heavy atom. The molecular weight excluding hydrogens is 336 g/mol. The van der Waals surface area contributed by atoms with Crippen LogP contribution in [0.2, 0.25) is 0 Å². The Kier molecular flexibility index (Phi) is 7.17. The van der Waals surface area contributed by atoms with Gasteiger partial charge in [-0.05, 0) is 45.7 Å². The van der Waals surface area contributed by atoms with Crippen molar-refractivity contribution in [3.8, 4) is 0 Å². The van der Waals surface area contributed by atoms with E-state index in [0.29, 0.717) is 19.6 Å². The number of carbonyl (C=O) groups excluding carboxylic acids is 2. The molecule has 138 valence electrons. The maximum absolute atomic E-state index is 12.4. The van der Waals surface area contributed by atoms with Crippen LogP contribution in [0, 0.1) is 5.92 Å². The number of hydrogen-bond acceptors (Lipinski definition) is 4. The zero-order valence-corrected chi connectivity index (χ0v) is 16.1. The first-order valence-corrected chi connectivity index (χ1v) is 9.77. The Morgan fingerprint density at radius 2 is 2.00 bits per heavy atom. The highest BCUT2D eigenvalue weighted by Crippen LogP contribution is 2.20. The average molecular weight is 365 g/mol. The molecule has 5 nitrogen and oxygen atoms in total. The van der Waals surface area contributed by atoms with Crippen LogP contribution in [0.25, 0.3) is 0 Å².